The van der Waals surface area contributed by atoms with E-state index in [1.807, 2.05) is 13.8 Å². The Hall–Kier alpha value is -3.55. The molecule has 0 radical (unpaired) electrons. The molecule has 0 aliphatic heterocycles. The maximum absolute atomic E-state index is 12.1. The normalized spacial score (nSPS) is 10.2. The van der Waals surface area contributed by atoms with Crippen molar-refractivity contribution in [2.75, 3.05) is 25.6 Å². The molecule has 0 atom stereocenters. The summed E-state index contributed by atoms with van der Waals surface area (Å²) in [5.74, 6) is 0.0785. The molecule has 0 saturated heterocycles. The van der Waals surface area contributed by atoms with Gasteiger partial charge in [0.05, 0.1) is 19.3 Å². The van der Waals surface area contributed by atoms with Gasteiger partial charge in [0.25, 0.3) is 5.91 Å². The highest BCUT2D eigenvalue weighted by molar-refractivity contribution is 6.02. The molecule has 0 heterocycles. The van der Waals surface area contributed by atoms with Crippen LogP contribution >= 0.6 is 0 Å². The van der Waals surface area contributed by atoms with Gasteiger partial charge in [-0.05, 0) is 48.4 Å². The smallest absolute Gasteiger partial charge is 0.338 e. The molecule has 8 heteroatoms. The average Bonchev–Trinajstić information content (AvgIpc) is 2.71. The zero-order valence-electron chi connectivity index (χ0n) is 16.6. The summed E-state index contributed by atoms with van der Waals surface area (Å²) in [6, 6.07) is 12.3. The van der Waals surface area contributed by atoms with E-state index in [0.29, 0.717) is 29.7 Å². The van der Waals surface area contributed by atoms with Crippen molar-refractivity contribution in [3.8, 4) is 11.5 Å². The molecule has 0 fully saturated rings. The van der Waals surface area contributed by atoms with Gasteiger partial charge in [-0.2, -0.15) is 0 Å². The van der Waals surface area contributed by atoms with Crippen LogP contribution in [0.2, 0.25) is 0 Å². The van der Waals surface area contributed by atoms with E-state index in [4.69, 9.17) is 14.2 Å². The van der Waals surface area contributed by atoms with Gasteiger partial charge in [0.1, 0.15) is 11.5 Å². The fourth-order valence-electron chi connectivity index (χ4n) is 2.19. The van der Waals surface area contributed by atoms with Gasteiger partial charge >= 0.3 is 12.0 Å². The van der Waals surface area contributed by atoms with Crippen LogP contribution in [0.4, 0.5) is 10.5 Å². The summed E-state index contributed by atoms with van der Waals surface area (Å²) in [6.07, 6.45) is 0. The quantitative estimate of drug-likeness (QED) is 0.660. The van der Waals surface area contributed by atoms with Crippen LogP contribution in [-0.2, 0) is 9.53 Å². The van der Waals surface area contributed by atoms with E-state index in [9.17, 15) is 14.4 Å². The maximum Gasteiger partial charge on any atom is 0.338 e. The van der Waals surface area contributed by atoms with Gasteiger partial charge in [0.15, 0.2) is 6.61 Å². The lowest BCUT2D eigenvalue weighted by molar-refractivity contribution is -0.123. The second kappa shape index (κ2) is 10.7. The van der Waals surface area contributed by atoms with Crippen LogP contribution < -0.4 is 20.1 Å². The first-order valence-corrected chi connectivity index (χ1v) is 9.02. The van der Waals surface area contributed by atoms with Crippen LogP contribution in [0.3, 0.4) is 0 Å². The third kappa shape index (κ3) is 7.53. The van der Waals surface area contributed by atoms with Gasteiger partial charge in [0, 0.05) is 5.69 Å². The zero-order valence-corrected chi connectivity index (χ0v) is 16.6. The van der Waals surface area contributed by atoms with Gasteiger partial charge in [-0.1, -0.05) is 19.9 Å². The number of benzene rings is 2. The molecule has 0 aliphatic carbocycles. The summed E-state index contributed by atoms with van der Waals surface area (Å²) in [6.45, 7) is 3.96. The predicted octanol–water partition coefficient (Wildman–Crippen LogP) is 3.24. The molecule has 2 aromatic rings. The highest BCUT2D eigenvalue weighted by atomic mass is 16.5. The lowest BCUT2D eigenvalue weighted by Crippen LogP contribution is -2.37. The third-order valence-corrected chi connectivity index (χ3v) is 3.59. The molecular weight excluding hydrogens is 376 g/mol. The molecule has 0 aromatic heterocycles. The van der Waals surface area contributed by atoms with E-state index in [0.717, 1.165) is 0 Å². The fourth-order valence-corrected chi connectivity index (χ4v) is 2.19. The molecule has 0 saturated carbocycles. The minimum Gasteiger partial charge on any atom is -0.497 e. The fraction of sp³-hybridized carbons (Fsp3) is 0.286. The van der Waals surface area contributed by atoms with Crippen LogP contribution in [0.15, 0.2) is 48.5 Å². The van der Waals surface area contributed by atoms with Crippen LogP contribution in [-0.4, -0.2) is 38.2 Å². The second-order valence-electron chi connectivity index (χ2n) is 6.54. The van der Waals surface area contributed by atoms with E-state index in [-0.39, 0.29) is 5.56 Å². The Bertz CT molecular complexity index is 849. The number of ether oxygens (including phenoxy) is 3. The third-order valence-electron chi connectivity index (χ3n) is 3.59. The molecular formula is C21H24N2O6. The van der Waals surface area contributed by atoms with E-state index >= 15 is 0 Å². The summed E-state index contributed by atoms with van der Waals surface area (Å²) in [4.78, 5) is 35.8. The lowest BCUT2D eigenvalue weighted by atomic mass is 10.2. The summed E-state index contributed by atoms with van der Waals surface area (Å²) in [5.41, 5.74) is 0.730. The number of nitrogens with one attached hydrogen (secondary N) is 2. The monoisotopic (exact) mass is 400 g/mol. The number of urea groups is 1. The molecule has 2 rings (SSSR count). The van der Waals surface area contributed by atoms with Gasteiger partial charge in [-0.15, -0.1) is 0 Å². The van der Waals surface area contributed by atoms with E-state index in [1.54, 1.807) is 48.5 Å². The first kappa shape index (κ1) is 21.7. The molecule has 2 N–H and O–H groups in total. The Kier molecular flexibility index (Phi) is 8.02. The Morgan fingerprint density at radius 3 is 2.38 bits per heavy atom. The minimum atomic E-state index is -0.753. The van der Waals surface area contributed by atoms with Crippen molar-refractivity contribution in [1.29, 1.82) is 0 Å². The summed E-state index contributed by atoms with van der Waals surface area (Å²) >= 11 is 0. The van der Waals surface area contributed by atoms with Crippen molar-refractivity contribution in [2.24, 2.45) is 5.92 Å². The SMILES string of the molecule is COc1ccc(NC(=O)NC(=O)COC(=O)c2cccc(OCC(C)C)c2)cc1. The molecule has 2 aromatic carbocycles. The number of rotatable bonds is 8. The van der Waals surface area contributed by atoms with Gasteiger partial charge < -0.3 is 19.5 Å². The second-order valence-corrected chi connectivity index (χ2v) is 6.54. The number of methoxy groups -OCH3 is 1. The number of esters is 1. The summed E-state index contributed by atoms with van der Waals surface area (Å²) in [5, 5.41) is 4.58. The summed E-state index contributed by atoms with van der Waals surface area (Å²) in [7, 11) is 1.53. The number of anilines is 1. The van der Waals surface area contributed by atoms with Crippen LogP contribution in [0.5, 0.6) is 11.5 Å². The van der Waals surface area contributed by atoms with E-state index in [2.05, 4.69) is 10.6 Å². The van der Waals surface area contributed by atoms with Crippen molar-refractivity contribution < 1.29 is 28.6 Å². The van der Waals surface area contributed by atoms with Gasteiger partial charge in [-0.25, -0.2) is 9.59 Å². The van der Waals surface area contributed by atoms with Crippen LogP contribution in [0.25, 0.3) is 0 Å². The Labute approximate surface area is 169 Å². The minimum absolute atomic E-state index is 0.252. The van der Waals surface area contributed by atoms with E-state index in [1.165, 1.54) is 7.11 Å². The summed E-state index contributed by atoms with van der Waals surface area (Å²) < 4.78 is 15.5. The first-order valence-electron chi connectivity index (χ1n) is 9.02. The standard InChI is InChI=1S/C21H24N2O6/c1-14(2)12-28-18-6-4-5-15(11-18)20(25)29-13-19(24)23-21(26)22-16-7-9-17(27-3)10-8-16/h4-11,14H,12-13H2,1-3H3,(H2,22,23,24,26). The molecule has 8 nitrogen and oxygen atoms in total. The first-order chi connectivity index (χ1) is 13.9. The Balaban J connectivity index is 1.79. The number of imide groups is 1. The van der Waals surface area contributed by atoms with E-state index < -0.39 is 24.5 Å². The van der Waals surface area contributed by atoms with Gasteiger partial charge in [0.2, 0.25) is 0 Å². The topological polar surface area (TPSA) is 103 Å². The zero-order chi connectivity index (χ0) is 21.2. The number of amides is 3. The number of hydrogen-bond acceptors (Lipinski definition) is 6. The maximum atomic E-state index is 12.1. The van der Waals surface area contributed by atoms with Crippen molar-refractivity contribution in [1.82, 2.24) is 5.32 Å². The molecule has 0 spiro atoms. The largest absolute Gasteiger partial charge is 0.497 e. The Morgan fingerprint density at radius 1 is 1.00 bits per heavy atom. The van der Waals surface area contributed by atoms with Crippen LogP contribution in [0.1, 0.15) is 24.2 Å². The average molecular weight is 400 g/mol. The lowest BCUT2D eigenvalue weighted by Gasteiger charge is -2.10. The Morgan fingerprint density at radius 2 is 1.72 bits per heavy atom. The highest BCUT2D eigenvalue weighted by Crippen LogP contribution is 2.16. The molecule has 3 amide bonds. The van der Waals surface area contributed by atoms with Crippen molar-refractivity contribution >= 4 is 23.6 Å². The highest BCUT2D eigenvalue weighted by Gasteiger charge is 2.13. The molecule has 154 valence electrons. The molecule has 0 unspecified atom stereocenters. The molecule has 0 bridgehead atoms. The van der Waals surface area contributed by atoms with Crippen LogP contribution in [0, 0.1) is 5.92 Å². The number of carbonyl (C=O) groups is 3. The number of hydrogen-bond donors (Lipinski definition) is 2. The predicted molar refractivity (Wildman–Crippen MR) is 107 cm³/mol. The van der Waals surface area contributed by atoms with Crippen molar-refractivity contribution in [3.63, 3.8) is 0 Å². The van der Waals surface area contributed by atoms with Crippen molar-refractivity contribution in [2.45, 2.75) is 13.8 Å². The van der Waals surface area contributed by atoms with Gasteiger partial charge in [-0.3, -0.25) is 10.1 Å². The molecule has 29 heavy (non-hydrogen) atoms. The number of carbonyl (C=O) groups excluding carboxylic acids is 3. The van der Waals surface area contributed by atoms with Crippen molar-refractivity contribution in [3.05, 3.63) is 54.1 Å². The molecule has 0 aliphatic rings.